The molecule has 0 N–H and O–H groups in total. The number of aromatic nitrogens is 3. The topological polar surface area (TPSA) is 74.1 Å². The van der Waals surface area contributed by atoms with Gasteiger partial charge in [-0.3, -0.25) is 0 Å². The molecule has 0 spiro atoms. The number of hydrogen-bond acceptors (Lipinski definition) is 5. The van der Waals surface area contributed by atoms with E-state index in [2.05, 4.69) is 42.1 Å². The van der Waals surface area contributed by atoms with Gasteiger partial charge in [-0.05, 0) is 40.2 Å². The van der Waals surface area contributed by atoms with Crippen LogP contribution in [0.3, 0.4) is 0 Å². The van der Waals surface area contributed by atoms with Crippen LogP contribution < -0.4 is 4.74 Å². The summed E-state index contributed by atoms with van der Waals surface area (Å²) in [6.07, 6.45) is 1.02. The summed E-state index contributed by atoms with van der Waals surface area (Å²) in [5, 5.41) is 8.11. The van der Waals surface area contributed by atoms with Crippen molar-refractivity contribution in [1.29, 1.82) is 0 Å². The van der Waals surface area contributed by atoms with E-state index in [0.717, 1.165) is 15.2 Å². The first-order valence-corrected chi connectivity index (χ1v) is 9.95. The van der Waals surface area contributed by atoms with Crippen molar-refractivity contribution in [2.75, 3.05) is 6.26 Å². The summed E-state index contributed by atoms with van der Waals surface area (Å²) in [5.74, 6) is 0.910. The summed E-state index contributed by atoms with van der Waals surface area (Å²) in [4.78, 5) is 0. The quantitative estimate of drug-likeness (QED) is 0.560. The van der Waals surface area contributed by atoms with Crippen molar-refractivity contribution in [2.45, 2.75) is 0 Å². The summed E-state index contributed by atoms with van der Waals surface area (Å²) in [6.45, 7) is 0. The van der Waals surface area contributed by atoms with E-state index in [9.17, 15) is 8.42 Å². The van der Waals surface area contributed by atoms with Gasteiger partial charge in [-0.2, -0.15) is 0 Å². The summed E-state index contributed by atoms with van der Waals surface area (Å²) in [7, 11) is -3.56. The Bertz CT molecular complexity index is 1020. The first-order valence-electron chi connectivity index (χ1n) is 6.14. The molecule has 0 aliphatic carbocycles. The number of fused-ring (bicyclic) bond motifs is 1. The normalized spacial score (nSPS) is 11.8. The Balaban J connectivity index is 2.05. The Labute approximate surface area is 153 Å². The number of ether oxygens (including phenoxy) is 1. The van der Waals surface area contributed by atoms with Gasteiger partial charge in [0.15, 0.2) is 0 Å². The van der Waals surface area contributed by atoms with E-state index in [1.807, 2.05) is 12.1 Å². The van der Waals surface area contributed by atoms with E-state index < -0.39 is 10.0 Å². The third-order valence-corrected chi connectivity index (χ3v) is 4.99. The largest absolute Gasteiger partial charge is 0.455 e. The highest BCUT2D eigenvalue weighted by atomic mass is 79.9. The Morgan fingerprint density at radius 1 is 1.09 bits per heavy atom. The number of benzene rings is 2. The monoisotopic (exact) mass is 479 g/mol. The molecule has 1 heterocycles. The van der Waals surface area contributed by atoms with E-state index in [1.54, 1.807) is 12.1 Å². The van der Waals surface area contributed by atoms with Crippen LogP contribution in [0.15, 0.2) is 39.3 Å². The van der Waals surface area contributed by atoms with E-state index in [0.29, 0.717) is 31.8 Å². The number of halogens is 3. The zero-order chi connectivity index (χ0) is 16.8. The third kappa shape index (κ3) is 3.52. The Morgan fingerprint density at radius 3 is 2.35 bits per heavy atom. The first kappa shape index (κ1) is 16.7. The second kappa shape index (κ2) is 6.04. The molecular formula is C13H8Br2ClN3O3S. The molecule has 6 nitrogen and oxygen atoms in total. The molecule has 0 aliphatic rings. The van der Waals surface area contributed by atoms with Crippen molar-refractivity contribution < 1.29 is 13.2 Å². The van der Waals surface area contributed by atoms with Gasteiger partial charge in [0.1, 0.15) is 22.5 Å². The minimum absolute atomic E-state index is 0.299. The molecule has 0 fully saturated rings. The van der Waals surface area contributed by atoms with Gasteiger partial charge in [-0.25, -0.2) is 8.42 Å². The SMILES string of the molecule is CS(=O)(=O)n1nc2cc(Cl)c(Oc3ccc(Br)cc3Br)cc2n1. The van der Waals surface area contributed by atoms with Gasteiger partial charge in [0, 0.05) is 10.5 Å². The first-order chi connectivity index (χ1) is 10.7. The van der Waals surface area contributed by atoms with E-state index >= 15 is 0 Å². The molecule has 0 saturated heterocycles. The van der Waals surface area contributed by atoms with Crippen LogP contribution >= 0.6 is 43.5 Å². The molecular weight excluding hydrogens is 473 g/mol. The molecule has 10 heteroatoms. The highest BCUT2D eigenvalue weighted by Crippen LogP contribution is 2.36. The summed E-state index contributed by atoms with van der Waals surface area (Å²) in [6, 6.07) is 8.48. The molecule has 23 heavy (non-hydrogen) atoms. The maximum atomic E-state index is 11.5. The van der Waals surface area contributed by atoms with Gasteiger partial charge in [-0.15, -0.1) is 10.2 Å². The molecule has 3 rings (SSSR count). The van der Waals surface area contributed by atoms with Crippen LogP contribution in [0.1, 0.15) is 0 Å². The lowest BCUT2D eigenvalue weighted by atomic mass is 10.3. The molecule has 0 radical (unpaired) electrons. The van der Waals surface area contributed by atoms with Gasteiger partial charge in [0.25, 0.3) is 10.0 Å². The lowest BCUT2D eigenvalue weighted by molar-refractivity contribution is 0.480. The summed E-state index contributed by atoms with van der Waals surface area (Å²) in [5.41, 5.74) is 0.728. The Morgan fingerprint density at radius 2 is 1.74 bits per heavy atom. The van der Waals surface area contributed by atoms with Crippen LogP contribution in [0, 0.1) is 0 Å². The molecule has 1 aromatic heterocycles. The van der Waals surface area contributed by atoms with Crippen molar-refractivity contribution in [1.82, 2.24) is 14.4 Å². The lowest BCUT2D eigenvalue weighted by Gasteiger charge is -2.09. The van der Waals surface area contributed by atoms with Crippen molar-refractivity contribution in [3.05, 3.63) is 44.3 Å². The zero-order valence-corrected chi connectivity index (χ0v) is 16.2. The average Bonchev–Trinajstić information content (AvgIpc) is 2.85. The van der Waals surface area contributed by atoms with Gasteiger partial charge in [0.05, 0.1) is 15.8 Å². The number of rotatable bonds is 3. The molecule has 3 aromatic rings. The van der Waals surface area contributed by atoms with Crippen LogP contribution in [-0.4, -0.2) is 29.1 Å². The highest BCUT2D eigenvalue weighted by Gasteiger charge is 2.15. The summed E-state index contributed by atoms with van der Waals surface area (Å²) >= 11 is 12.9. The molecule has 2 aromatic carbocycles. The predicted molar refractivity (Wildman–Crippen MR) is 94.7 cm³/mol. The number of hydrogen-bond donors (Lipinski definition) is 0. The molecule has 0 atom stereocenters. The second-order valence-electron chi connectivity index (χ2n) is 4.63. The average molecular weight is 482 g/mol. The van der Waals surface area contributed by atoms with Gasteiger partial charge >= 0.3 is 0 Å². The van der Waals surface area contributed by atoms with Crippen LogP contribution in [-0.2, 0) is 10.0 Å². The smallest absolute Gasteiger partial charge is 0.267 e. The standard InChI is InChI=1S/C13H8Br2ClN3O3S/c1-23(20,21)19-17-10-5-9(16)13(6-11(10)18-19)22-12-3-2-7(14)4-8(12)15/h2-6H,1H3. The minimum Gasteiger partial charge on any atom is -0.455 e. The van der Waals surface area contributed by atoms with Crippen LogP contribution in [0.25, 0.3) is 11.0 Å². The molecule has 120 valence electrons. The highest BCUT2D eigenvalue weighted by molar-refractivity contribution is 9.11. The second-order valence-corrected chi connectivity index (χ2v) is 8.60. The molecule has 0 bridgehead atoms. The predicted octanol–water partition coefficient (Wildman–Crippen LogP) is 4.21. The lowest BCUT2D eigenvalue weighted by Crippen LogP contribution is -2.13. The maximum absolute atomic E-state index is 11.5. The van der Waals surface area contributed by atoms with Crippen LogP contribution in [0.4, 0.5) is 0 Å². The van der Waals surface area contributed by atoms with E-state index in [1.165, 1.54) is 6.07 Å². The van der Waals surface area contributed by atoms with Gasteiger partial charge in [-0.1, -0.05) is 31.7 Å². The summed E-state index contributed by atoms with van der Waals surface area (Å²) < 4.78 is 31.1. The minimum atomic E-state index is -3.56. The molecule has 0 aliphatic heterocycles. The van der Waals surface area contributed by atoms with Crippen LogP contribution in [0.5, 0.6) is 11.5 Å². The van der Waals surface area contributed by atoms with E-state index in [-0.39, 0.29) is 0 Å². The Hall–Kier alpha value is -1.16. The number of nitrogens with zero attached hydrogens (tertiary/aromatic N) is 3. The van der Waals surface area contributed by atoms with Crippen molar-refractivity contribution >= 4 is 64.5 Å². The maximum Gasteiger partial charge on any atom is 0.267 e. The van der Waals surface area contributed by atoms with Gasteiger partial charge in [0.2, 0.25) is 0 Å². The molecule has 0 amide bonds. The third-order valence-electron chi connectivity index (χ3n) is 2.83. The van der Waals surface area contributed by atoms with Crippen molar-refractivity contribution in [3.8, 4) is 11.5 Å². The Kier molecular flexibility index (Phi) is 4.39. The fourth-order valence-electron chi connectivity index (χ4n) is 1.80. The van der Waals surface area contributed by atoms with Crippen LogP contribution in [0.2, 0.25) is 5.02 Å². The van der Waals surface area contributed by atoms with E-state index in [4.69, 9.17) is 16.3 Å². The van der Waals surface area contributed by atoms with Crippen molar-refractivity contribution in [2.24, 2.45) is 0 Å². The molecule has 0 saturated carbocycles. The molecule has 0 unspecified atom stereocenters. The van der Waals surface area contributed by atoms with Crippen molar-refractivity contribution in [3.63, 3.8) is 0 Å². The zero-order valence-electron chi connectivity index (χ0n) is 11.5. The fourth-order valence-corrected chi connectivity index (χ4v) is 3.60. The van der Waals surface area contributed by atoms with Gasteiger partial charge < -0.3 is 4.74 Å². The fraction of sp³-hybridized carbons (Fsp3) is 0.0769.